The Morgan fingerprint density at radius 2 is 1.43 bits per heavy atom. The molecule has 0 fully saturated rings. The number of amidine groups is 1. The second-order valence-electron chi connectivity index (χ2n) is 6.42. The first-order chi connectivity index (χ1) is 13.5. The number of nitrogens with one attached hydrogen (secondary N) is 2. The minimum atomic E-state index is 0.00943. The van der Waals surface area contributed by atoms with Gasteiger partial charge in [0.25, 0.3) is 0 Å². The predicted octanol–water partition coefficient (Wildman–Crippen LogP) is 3.97. The Morgan fingerprint density at radius 3 is 2.00 bits per heavy atom. The number of carbonyl (C=O) groups excluding carboxylic acids is 1. The first-order valence-electron chi connectivity index (χ1n) is 8.91. The molecule has 0 spiro atoms. The second kappa shape index (κ2) is 8.70. The van der Waals surface area contributed by atoms with Crippen LogP contribution in [-0.2, 0) is 0 Å². The van der Waals surface area contributed by atoms with Gasteiger partial charge in [-0.05, 0) is 55.5 Å². The van der Waals surface area contributed by atoms with Gasteiger partial charge in [0.15, 0.2) is 5.78 Å². The van der Waals surface area contributed by atoms with Gasteiger partial charge < -0.3 is 11.1 Å². The van der Waals surface area contributed by atoms with E-state index >= 15 is 0 Å². The Kier molecular flexibility index (Phi) is 5.88. The molecular weight excluding hydrogens is 346 g/mol. The maximum Gasteiger partial charge on any atom is 0.193 e. The van der Waals surface area contributed by atoms with Crippen molar-refractivity contribution in [2.75, 3.05) is 11.9 Å². The first kappa shape index (κ1) is 18.9. The number of nitrogens with two attached hydrogens (primary N) is 1. The molecule has 138 valence electrons. The Labute approximate surface area is 164 Å². The molecule has 0 aliphatic heterocycles. The number of nitrogen functional groups attached to an aromatic ring is 1. The predicted molar refractivity (Wildman–Crippen MR) is 114 cm³/mol. The lowest BCUT2D eigenvalue weighted by atomic mass is 10.0. The Morgan fingerprint density at radius 1 is 0.893 bits per heavy atom. The van der Waals surface area contributed by atoms with Crippen molar-refractivity contribution in [3.05, 3.63) is 101 Å². The van der Waals surface area contributed by atoms with Crippen LogP contribution in [0.1, 0.15) is 32.6 Å². The number of carbonyl (C=O) groups is 1. The van der Waals surface area contributed by atoms with Crippen molar-refractivity contribution in [2.45, 2.75) is 6.92 Å². The quantitative estimate of drug-likeness (QED) is 0.276. The molecule has 0 atom stereocenters. The van der Waals surface area contributed by atoms with E-state index in [9.17, 15) is 4.79 Å². The molecule has 0 aliphatic rings. The topological polar surface area (TPSA) is 79.0 Å². The molecule has 4 N–H and O–H groups in total. The molecule has 0 radical (unpaired) electrons. The maximum absolute atomic E-state index is 12.5. The third kappa shape index (κ3) is 4.87. The molecule has 3 aromatic carbocycles. The number of hydrogen-bond donors (Lipinski definition) is 3. The number of aryl methyl sites for hydroxylation is 1. The fourth-order valence-corrected chi connectivity index (χ4v) is 2.64. The zero-order chi connectivity index (χ0) is 19.9. The van der Waals surface area contributed by atoms with Crippen LogP contribution in [-0.4, -0.2) is 18.2 Å². The van der Waals surface area contributed by atoms with E-state index in [1.54, 1.807) is 24.3 Å². The smallest absolute Gasteiger partial charge is 0.193 e. The molecule has 4 nitrogen and oxygen atoms in total. The third-order valence-electron chi connectivity index (χ3n) is 4.27. The van der Waals surface area contributed by atoms with Gasteiger partial charge in [-0.3, -0.25) is 10.2 Å². The molecule has 0 aliphatic carbocycles. The van der Waals surface area contributed by atoms with Crippen LogP contribution < -0.4 is 11.1 Å². The summed E-state index contributed by atoms with van der Waals surface area (Å²) in [4.78, 5) is 12.5. The number of benzene rings is 3. The van der Waals surface area contributed by atoms with Crippen molar-refractivity contribution in [3.63, 3.8) is 0 Å². The van der Waals surface area contributed by atoms with Crippen LogP contribution in [0.15, 0.2) is 72.8 Å². The zero-order valence-electron chi connectivity index (χ0n) is 15.6. The highest BCUT2D eigenvalue weighted by Gasteiger charge is 2.08. The molecule has 0 saturated heterocycles. The van der Waals surface area contributed by atoms with Crippen LogP contribution in [0.3, 0.4) is 0 Å². The summed E-state index contributed by atoms with van der Waals surface area (Å²) in [5.74, 6) is 6.20. The SMILES string of the molecule is Cc1ccc(C(=O)c2ccc(C#CCNc3ccc(C(=N)N)cc3)cc2)cc1. The molecule has 0 unspecified atom stereocenters. The van der Waals surface area contributed by atoms with E-state index in [2.05, 4.69) is 17.2 Å². The third-order valence-corrected chi connectivity index (χ3v) is 4.27. The van der Waals surface area contributed by atoms with Crippen LogP contribution in [0, 0.1) is 24.2 Å². The monoisotopic (exact) mass is 367 g/mol. The van der Waals surface area contributed by atoms with Gasteiger partial charge in [-0.2, -0.15) is 0 Å². The summed E-state index contributed by atoms with van der Waals surface area (Å²) in [7, 11) is 0. The van der Waals surface area contributed by atoms with Gasteiger partial charge in [0, 0.05) is 27.9 Å². The van der Waals surface area contributed by atoms with E-state index in [0.29, 0.717) is 23.2 Å². The summed E-state index contributed by atoms with van der Waals surface area (Å²) in [6.07, 6.45) is 0. The van der Waals surface area contributed by atoms with Gasteiger partial charge >= 0.3 is 0 Å². The summed E-state index contributed by atoms with van der Waals surface area (Å²) >= 11 is 0. The van der Waals surface area contributed by atoms with Crippen LogP contribution >= 0.6 is 0 Å². The molecular formula is C24H21N3O. The van der Waals surface area contributed by atoms with Crippen molar-refractivity contribution < 1.29 is 4.79 Å². The van der Waals surface area contributed by atoms with Crippen molar-refractivity contribution in [3.8, 4) is 11.8 Å². The highest BCUT2D eigenvalue weighted by Crippen LogP contribution is 2.12. The number of ketones is 1. The summed E-state index contributed by atoms with van der Waals surface area (Å²) in [6, 6.07) is 22.2. The van der Waals surface area contributed by atoms with E-state index in [-0.39, 0.29) is 11.6 Å². The maximum atomic E-state index is 12.5. The van der Waals surface area contributed by atoms with Crippen molar-refractivity contribution >= 4 is 17.3 Å². The Bertz CT molecular complexity index is 1040. The molecule has 28 heavy (non-hydrogen) atoms. The largest absolute Gasteiger partial charge is 0.384 e. The average Bonchev–Trinajstić information content (AvgIpc) is 2.72. The summed E-state index contributed by atoms with van der Waals surface area (Å²) in [6.45, 7) is 2.49. The van der Waals surface area contributed by atoms with Gasteiger partial charge in [0.2, 0.25) is 0 Å². The molecule has 3 aromatic rings. The average molecular weight is 367 g/mol. The number of hydrogen-bond acceptors (Lipinski definition) is 3. The molecule has 3 rings (SSSR count). The summed E-state index contributed by atoms with van der Waals surface area (Å²) in [5.41, 5.74) is 10.4. The summed E-state index contributed by atoms with van der Waals surface area (Å²) in [5, 5.41) is 10.6. The van der Waals surface area contributed by atoms with Crippen molar-refractivity contribution in [1.29, 1.82) is 5.41 Å². The van der Waals surface area contributed by atoms with E-state index in [1.807, 2.05) is 55.5 Å². The Balaban J connectivity index is 1.58. The first-order valence-corrected chi connectivity index (χ1v) is 8.91. The molecule has 0 bridgehead atoms. The van der Waals surface area contributed by atoms with Gasteiger partial charge in [-0.1, -0.05) is 41.7 Å². The van der Waals surface area contributed by atoms with Gasteiger partial charge in [0.05, 0.1) is 6.54 Å². The van der Waals surface area contributed by atoms with Crippen molar-refractivity contribution in [1.82, 2.24) is 0 Å². The van der Waals surface area contributed by atoms with Crippen LogP contribution in [0.5, 0.6) is 0 Å². The van der Waals surface area contributed by atoms with Crippen LogP contribution in [0.2, 0.25) is 0 Å². The normalized spacial score (nSPS) is 9.89. The zero-order valence-corrected chi connectivity index (χ0v) is 15.6. The highest BCUT2D eigenvalue weighted by molar-refractivity contribution is 6.09. The minimum absolute atomic E-state index is 0.00943. The highest BCUT2D eigenvalue weighted by atomic mass is 16.1. The second-order valence-corrected chi connectivity index (χ2v) is 6.42. The van der Waals surface area contributed by atoms with E-state index in [0.717, 1.165) is 16.8 Å². The van der Waals surface area contributed by atoms with Crippen molar-refractivity contribution in [2.24, 2.45) is 5.73 Å². The minimum Gasteiger partial charge on any atom is -0.384 e. The lowest BCUT2D eigenvalue weighted by molar-refractivity contribution is 0.103. The molecule has 0 amide bonds. The standard InChI is InChI=1S/C24H21N3O/c1-17-4-8-19(9-5-17)23(28)20-10-6-18(7-11-20)3-2-16-27-22-14-12-21(13-15-22)24(25)26/h4-15,27H,16H2,1H3,(H3,25,26). The lowest BCUT2D eigenvalue weighted by Crippen LogP contribution is -2.10. The molecule has 0 heterocycles. The van der Waals surface area contributed by atoms with E-state index < -0.39 is 0 Å². The van der Waals surface area contributed by atoms with Gasteiger partial charge in [0.1, 0.15) is 5.84 Å². The fourth-order valence-electron chi connectivity index (χ4n) is 2.64. The lowest BCUT2D eigenvalue weighted by Gasteiger charge is -2.03. The Hall–Kier alpha value is -3.84. The number of rotatable bonds is 5. The van der Waals surface area contributed by atoms with E-state index in [1.165, 1.54) is 0 Å². The fraction of sp³-hybridized carbons (Fsp3) is 0.0833. The summed E-state index contributed by atoms with van der Waals surface area (Å²) < 4.78 is 0. The van der Waals surface area contributed by atoms with Crippen LogP contribution in [0.25, 0.3) is 0 Å². The van der Waals surface area contributed by atoms with Crippen LogP contribution in [0.4, 0.5) is 5.69 Å². The van der Waals surface area contributed by atoms with Gasteiger partial charge in [-0.15, -0.1) is 0 Å². The molecule has 0 saturated carbocycles. The van der Waals surface area contributed by atoms with E-state index in [4.69, 9.17) is 11.1 Å². The van der Waals surface area contributed by atoms with Gasteiger partial charge in [-0.25, -0.2) is 0 Å². The molecule has 4 heteroatoms. The number of anilines is 1. The molecule has 0 aromatic heterocycles.